The lowest BCUT2D eigenvalue weighted by Crippen LogP contribution is -2.06. The SMILES string of the molecule is COC(=O)/C(O)=C/C(=O)c1ccc2ccccc2c1. The molecular weight excluding hydrogens is 244 g/mol. The molecule has 2 aromatic rings. The fourth-order valence-electron chi connectivity index (χ4n) is 1.71. The molecule has 0 atom stereocenters. The van der Waals surface area contributed by atoms with Crippen molar-refractivity contribution in [3.05, 3.63) is 59.9 Å². The average molecular weight is 256 g/mol. The van der Waals surface area contributed by atoms with Crippen LogP contribution in [0.25, 0.3) is 10.8 Å². The van der Waals surface area contributed by atoms with Crippen molar-refractivity contribution in [2.24, 2.45) is 0 Å². The molecule has 19 heavy (non-hydrogen) atoms. The minimum Gasteiger partial charge on any atom is -0.502 e. The van der Waals surface area contributed by atoms with Gasteiger partial charge in [0.05, 0.1) is 7.11 Å². The molecule has 0 saturated carbocycles. The smallest absolute Gasteiger partial charge is 0.373 e. The lowest BCUT2D eigenvalue weighted by atomic mass is 10.0. The number of ether oxygens (including phenoxy) is 1. The summed E-state index contributed by atoms with van der Waals surface area (Å²) in [5, 5.41) is 11.3. The summed E-state index contributed by atoms with van der Waals surface area (Å²) in [7, 11) is 1.13. The summed E-state index contributed by atoms with van der Waals surface area (Å²) in [6, 6.07) is 12.8. The summed E-state index contributed by atoms with van der Waals surface area (Å²) in [6.45, 7) is 0. The maximum absolute atomic E-state index is 11.9. The van der Waals surface area contributed by atoms with Crippen molar-refractivity contribution < 1.29 is 19.4 Å². The number of aliphatic hydroxyl groups is 1. The van der Waals surface area contributed by atoms with Crippen molar-refractivity contribution in [2.75, 3.05) is 7.11 Å². The topological polar surface area (TPSA) is 63.6 Å². The zero-order valence-corrected chi connectivity index (χ0v) is 10.3. The van der Waals surface area contributed by atoms with E-state index in [1.807, 2.05) is 30.3 Å². The van der Waals surface area contributed by atoms with Crippen LogP contribution in [0.4, 0.5) is 0 Å². The first-order chi connectivity index (χ1) is 9.11. The van der Waals surface area contributed by atoms with Crippen LogP contribution in [0.3, 0.4) is 0 Å². The van der Waals surface area contributed by atoms with Gasteiger partial charge in [0.25, 0.3) is 0 Å². The molecule has 0 aliphatic heterocycles. The number of esters is 1. The Balaban J connectivity index is 2.34. The van der Waals surface area contributed by atoms with Gasteiger partial charge in [-0.2, -0.15) is 0 Å². The van der Waals surface area contributed by atoms with Crippen molar-refractivity contribution >= 4 is 22.5 Å². The van der Waals surface area contributed by atoms with Crippen molar-refractivity contribution in [1.82, 2.24) is 0 Å². The molecular formula is C15H12O4. The van der Waals surface area contributed by atoms with Gasteiger partial charge in [0, 0.05) is 11.6 Å². The standard InChI is InChI=1S/C15H12O4/c1-19-15(18)14(17)9-13(16)12-7-6-10-4-2-3-5-11(10)8-12/h2-9,17H,1H3/b14-9-. The molecule has 0 aliphatic rings. The molecule has 0 fully saturated rings. The number of hydrogen-bond acceptors (Lipinski definition) is 4. The predicted molar refractivity (Wildman–Crippen MR) is 71.0 cm³/mol. The van der Waals surface area contributed by atoms with Crippen LogP contribution in [-0.2, 0) is 9.53 Å². The quantitative estimate of drug-likeness (QED) is 0.397. The molecule has 0 unspecified atom stereocenters. The number of benzene rings is 2. The summed E-state index contributed by atoms with van der Waals surface area (Å²) < 4.78 is 4.31. The molecule has 0 radical (unpaired) electrons. The molecule has 4 heteroatoms. The third-order valence-electron chi connectivity index (χ3n) is 2.70. The second-order valence-corrected chi connectivity index (χ2v) is 3.95. The highest BCUT2D eigenvalue weighted by atomic mass is 16.5. The largest absolute Gasteiger partial charge is 0.502 e. The maximum Gasteiger partial charge on any atom is 0.373 e. The molecule has 0 heterocycles. The van der Waals surface area contributed by atoms with Crippen LogP contribution in [0.2, 0.25) is 0 Å². The summed E-state index contributed by atoms with van der Waals surface area (Å²) in [5.74, 6) is -2.09. The van der Waals surface area contributed by atoms with E-state index in [2.05, 4.69) is 4.74 Å². The van der Waals surface area contributed by atoms with Crippen LogP contribution < -0.4 is 0 Å². The Bertz CT molecular complexity index is 671. The number of carbonyl (C=O) groups is 2. The van der Waals surface area contributed by atoms with E-state index in [1.54, 1.807) is 12.1 Å². The second kappa shape index (κ2) is 5.35. The molecule has 0 spiro atoms. The van der Waals surface area contributed by atoms with Crippen LogP contribution in [0.5, 0.6) is 0 Å². The molecule has 1 N–H and O–H groups in total. The van der Waals surface area contributed by atoms with E-state index in [0.29, 0.717) is 5.56 Å². The molecule has 96 valence electrons. The number of aliphatic hydroxyl groups excluding tert-OH is 1. The summed E-state index contributed by atoms with van der Waals surface area (Å²) in [5.41, 5.74) is 0.397. The van der Waals surface area contributed by atoms with Crippen molar-refractivity contribution in [1.29, 1.82) is 0 Å². The fourth-order valence-corrected chi connectivity index (χ4v) is 1.71. The number of fused-ring (bicyclic) bond motifs is 1. The van der Waals surface area contributed by atoms with Gasteiger partial charge in [-0.3, -0.25) is 4.79 Å². The Morgan fingerprint density at radius 2 is 1.79 bits per heavy atom. The second-order valence-electron chi connectivity index (χ2n) is 3.95. The zero-order valence-electron chi connectivity index (χ0n) is 10.3. The van der Waals surface area contributed by atoms with Gasteiger partial charge in [-0.05, 0) is 16.8 Å². The van der Waals surface area contributed by atoms with Crippen molar-refractivity contribution in [2.45, 2.75) is 0 Å². The maximum atomic E-state index is 11.9. The van der Waals surface area contributed by atoms with E-state index in [0.717, 1.165) is 24.0 Å². The molecule has 0 aromatic heterocycles. The van der Waals surface area contributed by atoms with Crippen LogP contribution in [0.1, 0.15) is 10.4 Å². The number of methoxy groups -OCH3 is 1. The Labute approximate surface area is 109 Å². The fraction of sp³-hybridized carbons (Fsp3) is 0.0667. The van der Waals surface area contributed by atoms with Crippen LogP contribution in [0.15, 0.2) is 54.3 Å². The minimum absolute atomic E-state index is 0.397. The summed E-state index contributed by atoms with van der Waals surface area (Å²) in [6.07, 6.45) is 0.857. The Kier molecular flexibility index (Phi) is 3.61. The molecule has 4 nitrogen and oxygen atoms in total. The first-order valence-electron chi connectivity index (χ1n) is 5.64. The van der Waals surface area contributed by atoms with Gasteiger partial charge >= 0.3 is 5.97 Å². The Morgan fingerprint density at radius 3 is 2.47 bits per heavy atom. The van der Waals surface area contributed by atoms with Gasteiger partial charge in [0.2, 0.25) is 5.76 Å². The molecule has 2 rings (SSSR count). The zero-order chi connectivity index (χ0) is 13.8. The lowest BCUT2D eigenvalue weighted by Gasteiger charge is -2.01. The monoisotopic (exact) mass is 256 g/mol. The third kappa shape index (κ3) is 2.80. The molecule has 0 saturated heterocycles. The van der Waals surface area contributed by atoms with Gasteiger partial charge in [-0.25, -0.2) is 4.79 Å². The molecule has 0 aliphatic carbocycles. The Morgan fingerprint density at radius 1 is 1.11 bits per heavy atom. The van der Waals surface area contributed by atoms with Gasteiger partial charge in [-0.1, -0.05) is 36.4 Å². The highest BCUT2D eigenvalue weighted by Crippen LogP contribution is 2.16. The van der Waals surface area contributed by atoms with Crippen molar-refractivity contribution in [3.8, 4) is 0 Å². The normalized spacial score (nSPS) is 11.3. The first kappa shape index (κ1) is 12.8. The molecule has 2 aromatic carbocycles. The number of hydrogen-bond donors (Lipinski definition) is 1. The average Bonchev–Trinajstić information content (AvgIpc) is 2.45. The number of carbonyl (C=O) groups excluding carboxylic acids is 2. The number of ketones is 1. The first-order valence-corrected chi connectivity index (χ1v) is 5.64. The molecule has 0 amide bonds. The van der Waals surface area contributed by atoms with Crippen LogP contribution in [0, 0.1) is 0 Å². The minimum atomic E-state index is -0.936. The molecule has 0 bridgehead atoms. The van der Waals surface area contributed by atoms with Crippen molar-refractivity contribution in [3.63, 3.8) is 0 Å². The summed E-state index contributed by atoms with van der Waals surface area (Å²) >= 11 is 0. The van der Waals surface area contributed by atoms with E-state index in [-0.39, 0.29) is 0 Å². The lowest BCUT2D eigenvalue weighted by molar-refractivity contribution is -0.139. The van der Waals surface area contributed by atoms with E-state index in [4.69, 9.17) is 0 Å². The highest BCUT2D eigenvalue weighted by Gasteiger charge is 2.11. The van der Waals surface area contributed by atoms with E-state index < -0.39 is 17.5 Å². The van der Waals surface area contributed by atoms with E-state index in [1.165, 1.54) is 0 Å². The predicted octanol–water partition coefficient (Wildman–Crippen LogP) is 2.64. The third-order valence-corrected chi connectivity index (χ3v) is 2.70. The highest BCUT2D eigenvalue weighted by molar-refractivity contribution is 6.09. The van der Waals surface area contributed by atoms with Gasteiger partial charge < -0.3 is 9.84 Å². The van der Waals surface area contributed by atoms with Crippen LogP contribution >= 0.6 is 0 Å². The Hall–Kier alpha value is -2.62. The van der Waals surface area contributed by atoms with Gasteiger partial charge in [0.15, 0.2) is 5.78 Å². The van der Waals surface area contributed by atoms with Crippen LogP contribution in [-0.4, -0.2) is 24.0 Å². The summed E-state index contributed by atoms with van der Waals surface area (Å²) in [4.78, 5) is 22.9. The number of allylic oxidation sites excluding steroid dienone is 1. The van der Waals surface area contributed by atoms with E-state index >= 15 is 0 Å². The number of rotatable bonds is 3. The van der Waals surface area contributed by atoms with E-state index in [9.17, 15) is 14.7 Å². The van der Waals surface area contributed by atoms with Gasteiger partial charge in [0.1, 0.15) is 0 Å². The van der Waals surface area contributed by atoms with Gasteiger partial charge in [-0.15, -0.1) is 0 Å².